The third-order valence-electron chi connectivity index (χ3n) is 4.58. The second-order valence-electron chi connectivity index (χ2n) is 6.39. The highest BCUT2D eigenvalue weighted by Gasteiger charge is 2.30. The molecule has 1 unspecified atom stereocenters. The van der Waals surface area contributed by atoms with Gasteiger partial charge in [-0.05, 0) is 37.1 Å². The molecule has 1 aliphatic rings. The minimum absolute atomic E-state index is 0.0275. The van der Waals surface area contributed by atoms with Crippen LogP contribution in [-0.4, -0.2) is 32.6 Å². The smallest absolute Gasteiger partial charge is 0.237 e. The normalized spacial score (nSPS) is 15.8. The molecule has 3 aromatic rings. The van der Waals surface area contributed by atoms with E-state index in [0.717, 1.165) is 12.1 Å². The lowest BCUT2D eigenvalue weighted by atomic mass is 10.1. The van der Waals surface area contributed by atoms with Crippen LogP contribution in [0.3, 0.4) is 0 Å². The van der Waals surface area contributed by atoms with Gasteiger partial charge in [0.1, 0.15) is 0 Å². The first-order chi connectivity index (χ1) is 13.1. The number of rotatable bonds is 4. The van der Waals surface area contributed by atoms with E-state index >= 15 is 0 Å². The van der Waals surface area contributed by atoms with Gasteiger partial charge in [0.25, 0.3) is 0 Å². The van der Waals surface area contributed by atoms with Crippen LogP contribution in [0.15, 0.2) is 53.7 Å². The molecule has 0 spiro atoms. The van der Waals surface area contributed by atoms with Crippen molar-refractivity contribution in [3.8, 4) is 11.4 Å². The Morgan fingerprint density at radius 1 is 1.22 bits per heavy atom. The van der Waals surface area contributed by atoms with Crippen LogP contribution < -0.4 is 10.7 Å². The molecule has 1 amide bonds. The van der Waals surface area contributed by atoms with Gasteiger partial charge >= 0.3 is 0 Å². The van der Waals surface area contributed by atoms with E-state index in [0.29, 0.717) is 21.6 Å². The maximum Gasteiger partial charge on any atom is 0.237 e. The summed E-state index contributed by atoms with van der Waals surface area (Å²) in [5.74, 6) is 6.86. The van der Waals surface area contributed by atoms with Gasteiger partial charge < -0.3 is 10.7 Å². The molecule has 2 heterocycles. The zero-order valence-corrected chi connectivity index (χ0v) is 16.2. The largest absolute Gasteiger partial charge is 0.335 e. The average Bonchev–Trinajstić information content (AvgIpc) is 3.19. The number of nitrogens with zero attached hydrogens (tertiary/aromatic N) is 4. The number of amides is 1. The molecule has 138 valence electrons. The Hall–Kier alpha value is -2.51. The van der Waals surface area contributed by atoms with Gasteiger partial charge in [-0.15, -0.1) is 10.2 Å². The molecular weight excluding hydrogens is 382 g/mol. The minimum atomic E-state index is 0.0275. The number of aromatic nitrogens is 3. The number of nitrogens with two attached hydrogens (primary N) is 1. The molecule has 6 nitrogen and oxygen atoms in total. The number of halogens is 1. The summed E-state index contributed by atoms with van der Waals surface area (Å²) in [4.78, 5) is 14.7. The zero-order chi connectivity index (χ0) is 19.0. The standard InChI is InChI=1S/C19H18ClN5OS/c1-12-10-13-6-2-5-9-16(13)24(12)17(26)11-27-19-23-22-18(25(19)21)14-7-3-4-8-15(14)20/h2-9,12H,10-11,21H2,1H3. The molecule has 0 fully saturated rings. The number of carbonyl (C=O) groups is 1. The summed E-state index contributed by atoms with van der Waals surface area (Å²) in [6, 6.07) is 15.5. The molecule has 1 atom stereocenters. The molecule has 27 heavy (non-hydrogen) atoms. The summed E-state index contributed by atoms with van der Waals surface area (Å²) < 4.78 is 1.38. The third-order valence-corrected chi connectivity index (χ3v) is 5.84. The first kappa shape index (κ1) is 17.9. The Kier molecular flexibility index (Phi) is 4.80. The van der Waals surface area contributed by atoms with Crippen molar-refractivity contribution in [1.29, 1.82) is 0 Å². The van der Waals surface area contributed by atoms with E-state index in [1.165, 1.54) is 22.0 Å². The Morgan fingerprint density at radius 3 is 2.78 bits per heavy atom. The molecule has 0 saturated heterocycles. The summed E-state index contributed by atoms with van der Waals surface area (Å²) in [5, 5.41) is 9.27. The third kappa shape index (κ3) is 3.28. The molecule has 0 bridgehead atoms. The van der Waals surface area contributed by atoms with Crippen molar-refractivity contribution in [2.75, 3.05) is 16.5 Å². The summed E-state index contributed by atoms with van der Waals surface area (Å²) in [7, 11) is 0. The van der Waals surface area contributed by atoms with Crippen molar-refractivity contribution in [3.05, 3.63) is 59.1 Å². The fourth-order valence-corrected chi connectivity index (χ4v) is 4.28. The quantitative estimate of drug-likeness (QED) is 0.537. The van der Waals surface area contributed by atoms with Crippen molar-refractivity contribution in [2.45, 2.75) is 24.5 Å². The summed E-state index contributed by atoms with van der Waals surface area (Å²) in [5.41, 5.74) is 2.89. The molecule has 4 rings (SSSR count). The lowest BCUT2D eigenvalue weighted by Gasteiger charge is -2.22. The van der Waals surface area contributed by atoms with Gasteiger partial charge in [0.15, 0.2) is 5.82 Å². The van der Waals surface area contributed by atoms with Crippen LogP contribution >= 0.6 is 23.4 Å². The van der Waals surface area contributed by atoms with Crippen LogP contribution in [0.25, 0.3) is 11.4 Å². The molecule has 8 heteroatoms. The Morgan fingerprint density at radius 2 is 1.96 bits per heavy atom. The first-order valence-corrected chi connectivity index (χ1v) is 9.90. The molecule has 1 aromatic heterocycles. The number of hydrogen-bond donors (Lipinski definition) is 1. The van der Waals surface area contributed by atoms with Crippen LogP contribution in [0.5, 0.6) is 0 Å². The van der Waals surface area contributed by atoms with Crippen molar-refractivity contribution in [2.24, 2.45) is 0 Å². The van der Waals surface area contributed by atoms with Crippen molar-refractivity contribution < 1.29 is 4.79 Å². The highest BCUT2D eigenvalue weighted by Crippen LogP contribution is 2.33. The second kappa shape index (κ2) is 7.25. The van der Waals surface area contributed by atoms with Crippen LogP contribution in [0.4, 0.5) is 5.69 Å². The monoisotopic (exact) mass is 399 g/mol. The predicted molar refractivity (Wildman–Crippen MR) is 108 cm³/mol. The van der Waals surface area contributed by atoms with Crippen molar-refractivity contribution >= 4 is 35.0 Å². The SMILES string of the molecule is CC1Cc2ccccc2N1C(=O)CSc1nnc(-c2ccccc2Cl)n1N. The van der Waals surface area contributed by atoms with Gasteiger partial charge in [-0.3, -0.25) is 4.79 Å². The van der Waals surface area contributed by atoms with Gasteiger partial charge in [0.2, 0.25) is 11.1 Å². The fourth-order valence-electron chi connectivity index (χ4n) is 3.34. The number of para-hydroxylation sites is 1. The molecule has 0 radical (unpaired) electrons. The molecular formula is C19H18ClN5OS. The van der Waals surface area contributed by atoms with E-state index in [9.17, 15) is 4.79 Å². The maximum atomic E-state index is 12.8. The van der Waals surface area contributed by atoms with Crippen molar-refractivity contribution in [3.63, 3.8) is 0 Å². The highest BCUT2D eigenvalue weighted by molar-refractivity contribution is 7.99. The van der Waals surface area contributed by atoms with Gasteiger partial charge in [-0.1, -0.05) is 53.7 Å². The summed E-state index contributed by atoms with van der Waals surface area (Å²) in [6.07, 6.45) is 0.871. The van der Waals surface area contributed by atoms with E-state index in [2.05, 4.69) is 23.2 Å². The maximum absolute atomic E-state index is 12.8. The number of thioether (sulfide) groups is 1. The lowest BCUT2D eigenvalue weighted by Crippen LogP contribution is -2.37. The molecule has 0 saturated carbocycles. The zero-order valence-electron chi connectivity index (χ0n) is 14.7. The van der Waals surface area contributed by atoms with Gasteiger partial charge in [0.05, 0.1) is 10.8 Å². The van der Waals surface area contributed by atoms with E-state index in [4.69, 9.17) is 17.4 Å². The van der Waals surface area contributed by atoms with Crippen LogP contribution in [0.1, 0.15) is 12.5 Å². The predicted octanol–water partition coefficient (Wildman–Crippen LogP) is 3.38. The van der Waals surface area contributed by atoms with E-state index in [-0.39, 0.29) is 17.7 Å². The van der Waals surface area contributed by atoms with Gasteiger partial charge in [-0.25, -0.2) is 4.68 Å². The highest BCUT2D eigenvalue weighted by atomic mass is 35.5. The Bertz CT molecular complexity index is 1010. The fraction of sp³-hybridized carbons (Fsp3) is 0.211. The van der Waals surface area contributed by atoms with E-state index in [1.54, 1.807) is 6.07 Å². The Labute approximate surface area is 166 Å². The molecule has 2 aromatic carbocycles. The number of anilines is 1. The van der Waals surface area contributed by atoms with Gasteiger partial charge in [0, 0.05) is 17.3 Å². The number of carbonyl (C=O) groups excluding carboxylic acids is 1. The summed E-state index contributed by atoms with van der Waals surface area (Å²) in [6.45, 7) is 2.06. The molecule has 1 aliphatic heterocycles. The molecule has 0 aliphatic carbocycles. The number of hydrogen-bond acceptors (Lipinski definition) is 5. The van der Waals surface area contributed by atoms with E-state index in [1.807, 2.05) is 41.3 Å². The number of benzene rings is 2. The second-order valence-corrected chi connectivity index (χ2v) is 7.74. The average molecular weight is 400 g/mol. The van der Waals surface area contributed by atoms with Crippen LogP contribution in [0, 0.1) is 0 Å². The van der Waals surface area contributed by atoms with Crippen LogP contribution in [-0.2, 0) is 11.2 Å². The topological polar surface area (TPSA) is 77.0 Å². The lowest BCUT2D eigenvalue weighted by molar-refractivity contribution is -0.116. The number of fused-ring (bicyclic) bond motifs is 1. The minimum Gasteiger partial charge on any atom is -0.335 e. The van der Waals surface area contributed by atoms with Gasteiger partial charge in [-0.2, -0.15) is 0 Å². The van der Waals surface area contributed by atoms with Crippen LogP contribution in [0.2, 0.25) is 5.02 Å². The summed E-state index contributed by atoms with van der Waals surface area (Å²) >= 11 is 7.48. The van der Waals surface area contributed by atoms with E-state index < -0.39 is 0 Å². The Balaban J connectivity index is 1.50. The van der Waals surface area contributed by atoms with Crippen molar-refractivity contribution in [1.82, 2.24) is 14.9 Å². The first-order valence-electron chi connectivity index (χ1n) is 8.54. The number of nitrogen functional groups attached to an aromatic ring is 1. The molecule has 2 N–H and O–H groups in total.